The summed E-state index contributed by atoms with van der Waals surface area (Å²) >= 11 is 0. The average Bonchev–Trinajstić information content (AvgIpc) is 2.15. The van der Waals surface area contributed by atoms with Crippen molar-refractivity contribution in [3.8, 4) is 0 Å². The largest absolute Gasteiger partial charge is 0.488 e. The first-order valence-electron chi connectivity index (χ1n) is 3.97. The first-order chi connectivity index (χ1) is 6.24. The van der Waals surface area contributed by atoms with E-state index in [9.17, 15) is 0 Å². The van der Waals surface area contributed by atoms with E-state index in [1.165, 1.54) is 0 Å². The van der Waals surface area contributed by atoms with Gasteiger partial charge in [0.05, 0.1) is 6.61 Å². The Morgan fingerprint density at radius 2 is 1.77 bits per heavy atom. The average molecular weight is 178 g/mol. The molecule has 0 aliphatic carbocycles. The Kier molecular flexibility index (Phi) is 3.70. The zero-order valence-corrected chi connectivity index (χ0v) is 7.09. The molecule has 0 aliphatic heterocycles. The van der Waals surface area contributed by atoms with Crippen molar-refractivity contribution < 1.29 is 15.2 Å². The molecule has 0 spiro atoms. The van der Waals surface area contributed by atoms with E-state index < -0.39 is 7.12 Å². The molecule has 0 aliphatic rings. The summed E-state index contributed by atoms with van der Waals surface area (Å²) in [5.74, 6) is 0. The number of hydrogen-bond acceptors (Lipinski definition) is 3. The summed E-state index contributed by atoms with van der Waals surface area (Å²) in [6.07, 6.45) is 3.37. The molecule has 4 heteroatoms. The van der Waals surface area contributed by atoms with Crippen molar-refractivity contribution in [1.29, 1.82) is 0 Å². The number of benzene rings is 1. The summed E-state index contributed by atoms with van der Waals surface area (Å²) in [7, 11) is -1.42. The molecule has 0 saturated carbocycles. The van der Waals surface area contributed by atoms with Gasteiger partial charge in [-0.05, 0) is 11.0 Å². The highest BCUT2D eigenvalue weighted by molar-refractivity contribution is 6.58. The molecule has 0 fully saturated rings. The van der Waals surface area contributed by atoms with Crippen molar-refractivity contribution in [2.75, 3.05) is 6.61 Å². The van der Waals surface area contributed by atoms with Gasteiger partial charge in [-0.1, -0.05) is 36.4 Å². The van der Waals surface area contributed by atoms with Gasteiger partial charge in [0.15, 0.2) is 0 Å². The predicted molar refractivity (Wildman–Crippen MR) is 52.4 cm³/mol. The summed E-state index contributed by atoms with van der Waals surface area (Å²) in [6, 6.07) is 6.76. The second-order valence-electron chi connectivity index (χ2n) is 2.63. The highest BCUT2D eigenvalue weighted by Crippen LogP contribution is 1.99. The standard InChI is InChI=1S/C9H11BO3/c11-7-1-2-8-3-5-9(6-4-8)10(12)13/h1-6,11-13H,7H2. The molecular formula is C9H11BO3. The molecule has 0 heterocycles. The molecule has 0 bridgehead atoms. The van der Waals surface area contributed by atoms with Crippen molar-refractivity contribution in [3.63, 3.8) is 0 Å². The van der Waals surface area contributed by atoms with Crippen LogP contribution in [0.15, 0.2) is 30.3 Å². The quantitative estimate of drug-likeness (QED) is 0.540. The number of rotatable bonds is 3. The van der Waals surface area contributed by atoms with Gasteiger partial charge in [0.2, 0.25) is 0 Å². The van der Waals surface area contributed by atoms with Crippen LogP contribution in [-0.4, -0.2) is 28.9 Å². The zero-order chi connectivity index (χ0) is 9.68. The maximum absolute atomic E-state index is 8.79. The number of aliphatic hydroxyl groups is 1. The SMILES string of the molecule is OCC=Cc1ccc(B(O)O)cc1. The van der Waals surface area contributed by atoms with E-state index in [4.69, 9.17) is 15.2 Å². The zero-order valence-electron chi connectivity index (χ0n) is 7.09. The lowest BCUT2D eigenvalue weighted by Gasteiger charge is -1.98. The lowest BCUT2D eigenvalue weighted by atomic mass is 9.80. The van der Waals surface area contributed by atoms with Crippen molar-refractivity contribution in [2.45, 2.75) is 0 Å². The molecule has 0 aromatic heterocycles. The van der Waals surface area contributed by atoms with Crippen LogP contribution in [0.5, 0.6) is 0 Å². The van der Waals surface area contributed by atoms with Crippen molar-refractivity contribution in [3.05, 3.63) is 35.9 Å². The lowest BCUT2D eigenvalue weighted by Crippen LogP contribution is -2.29. The van der Waals surface area contributed by atoms with Gasteiger partial charge in [-0.3, -0.25) is 0 Å². The Balaban J connectivity index is 2.75. The molecule has 0 atom stereocenters. The fraction of sp³-hybridized carbons (Fsp3) is 0.111. The monoisotopic (exact) mass is 178 g/mol. The highest BCUT2D eigenvalue weighted by atomic mass is 16.4. The third-order valence-electron chi connectivity index (χ3n) is 1.65. The smallest absolute Gasteiger partial charge is 0.423 e. The molecule has 13 heavy (non-hydrogen) atoms. The van der Waals surface area contributed by atoms with Crippen LogP contribution in [0.2, 0.25) is 0 Å². The molecule has 3 nitrogen and oxygen atoms in total. The molecule has 0 amide bonds. The van der Waals surface area contributed by atoms with Crippen molar-refractivity contribution >= 4 is 18.7 Å². The predicted octanol–water partition coefficient (Wildman–Crippen LogP) is -0.628. The van der Waals surface area contributed by atoms with Crippen molar-refractivity contribution in [1.82, 2.24) is 0 Å². The molecule has 1 aromatic carbocycles. The first kappa shape index (κ1) is 9.99. The maximum Gasteiger partial charge on any atom is 0.488 e. The Labute approximate surface area is 77.1 Å². The number of aliphatic hydroxyl groups excluding tert-OH is 1. The van der Waals surface area contributed by atoms with Crippen LogP contribution >= 0.6 is 0 Å². The van der Waals surface area contributed by atoms with E-state index in [-0.39, 0.29) is 6.61 Å². The van der Waals surface area contributed by atoms with Gasteiger partial charge < -0.3 is 15.2 Å². The van der Waals surface area contributed by atoms with Crippen LogP contribution in [0.3, 0.4) is 0 Å². The minimum absolute atomic E-state index is 0.00434. The normalized spacial score (nSPS) is 10.7. The summed E-state index contributed by atoms with van der Waals surface area (Å²) < 4.78 is 0. The van der Waals surface area contributed by atoms with E-state index in [1.807, 2.05) is 0 Å². The summed E-state index contributed by atoms with van der Waals surface area (Å²) in [5.41, 5.74) is 1.37. The summed E-state index contributed by atoms with van der Waals surface area (Å²) in [6.45, 7) is 0.00434. The minimum Gasteiger partial charge on any atom is -0.423 e. The second-order valence-corrected chi connectivity index (χ2v) is 2.63. The summed E-state index contributed by atoms with van der Waals surface area (Å²) in [4.78, 5) is 0. The Morgan fingerprint density at radius 1 is 1.15 bits per heavy atom. The first-order valence-corrected chi connectivity index (χ1v) is 3.97. The molecule has 0 unspecified atom stereocenters. The molecular weight excluding hydrogens is 167 g/mol. The fourth-order valence-corrected chi connectivity index (χ4v) is 0.968. The molecule has 68 valence electrons. The Hall–Kier alpha value is -1.10. The lowest BCUT2D eigenvalue weighted by molar-refractivity contribution is 0.343. The third kappa shape index (κ3) is 3.03. The van der Waals surface area contributed by atoms with E-state index >= 15 is 0 Å². The van der Waals surface area contributed by atoms with Gasteiger partial charge in [0.1, 0.15) is 0 Å². The van der Waals surface area contributed by atoms with E-state index in [0.29, 0.717) is 5.46 Å². The van der Waals surface area contributed by atoms with Crippen LogP contribution in [-0.2, 0) is 0 Å². The van der Waals surface area contributed by atoms with E-state index in [2.05, 4.69) is 0 Å². The minimum atomic E-state index is -1.42. The molecule has 0 radical (unpaired) electrons. The molecule has 0 saturated heterocycles. The second kappa shape index (κ2) is 4.82. The van der Waals surface area contributed by atoms with E-state index in [0.717, 1.165) is 5.56 Å². The van der Waals surface area contributed by atoms with Gasteiger partial charge in [0.25, 0.3) is 0 Å². The van der Waals surface area contributed by atoms with Crippen molar-refractivity contribution in [2.24, 2.45) is 0 Å². The Bertz CT molecular complexity index is 279. The highest BCUT2D eigenvalue weighted by Gasteiger charge is 2.08. The van der Waals surface area contributed by atoms with Gasteiger partial charge in [-0.15, -0.1) is 0 Å². The van der Waals surface area contributed by atoms with Crippen LogP contribution in [0.1, 0.15) is 5.56 Å². The van der Waals surface area contributed by atoms with Crippen LogP contribution in [0, 0.1) is 0 Å². The fourth-order valence-electron chi connectivity index (χ4n) is 0.968. The Morgan fingerprint density at radius 3 is 2.23 bits per heavy atom. The third-order valence-corrected chi connectivity index (χ3v) is 1.65. The molecule has 1 aromatic rings. The van der Waals surface area contributed by atoms with Crippen LogP contribution in [0.4, 0.5) is 0 Å². The van der Waals surface area contributed by atoms with Gasteiger partial charge in [0, 0.05) is 0 Å². The van der Waals surface area contributed by atoms with Gasteiger partial charge in [-0.25, -0.2) is 0 Å². The summed E-state index contributed by atoms with van der Waals surface area (Å²) in [5, 5.41) is 26.1. The van der Waals surface area contributed by atoms with Gasteiger partial charge in [-0.2, -0.15) is 0 Å². The van der Waals surface area contributed by atoms with Crippen LogP contribution < -0.4 is 5.46 Å². The maximum atomic E-state index is 8.79. The number of hydrogen-bond donors (Lipinski definition) is 3. The van der Waals surface area contributed by atoms with Gasteiger partial charge >= 0.3 is 7.12 Å². The molecule has 1 rings (SSSR count). The van der Waals surface area contributed by atoms with Crippen LogP contribution in [0.25, 0.3) is 6.08 Å². The van der Waals surface area contributed by atoms with E-state index in [1.54, 1.807) is 36.4 Å². The topological polar surface area (TPSA) is 60.7 Å². The molecule has 3 N–H and O–H groups in total.